The fourth-order valence-electron chi connectivity index (χ4n) is 6.12. The summed E-state index contributed by atoms with van der Waals surface area (Å²) in [5.74, 6) is -0.692. The highest BCUT2D eigenvalue weighted by molar-refractivity contribution is 6.99. The number of benzene rings is 2. The van der Waals surface area contributed by atoms with Crippen molar-refractivity contribution >= 4 is 41.6 Å². The first-order valence-corrected chi connectivity index (χ1v) is 16.1. The van der Waals surface area contributed by atoms with Crippen LogP contribution in [0.3, 0.4) is 0 Å². The topological polar surface area (TPSA) is 163 Å². The lowest BCUT2D eigenvalue weighted by molar-refractivity contribution is -0.153. The molecule has 4 atom stereocenters. The lowest BCUT2D eigenvalue weighted by atomic mass is 9.96. The van der Waals surface area contributed by atoms with E-state index in [1.165, 1.54) is 23.6 Å². The summed E-state index contributed by atoms with van der Waals surface area (Å²) in [7, 11) is -2.79. The first-order valence-electron chi connectivity index (χ1n) is 14.2. The molecule has 12 nitrogen and oxygen atoms in total. The Morgan fingerprint density at radius 2 is 1.74 bits per heavy atom. The number of carbonyl (C=O) groups excluding carboxylic acids is 1. The molecule has 1 aliphatic heterocycles. The summed E-state index contributed by atoms with van der Waals surface area (Å²) in [6.45, 7) is 8.44. The number of nitrogens with zero attached hydrogens (tertiary/aromatic N) is 7. The highest BCUT2D eigenvalue weighted by Gasteiger charge is 2.51. The van der Waals surface area contributed by atoms with E-state index in [1.807, 2.05) is 36.4 Å². The number of nitrogen functional groups attached to an aromatic ring is 1. The quantitative estimate of drug-likeness (QED) is 0.0933. The normalized spacial score (nSPS) is 20.6. The molecule has 2 N–H and O–H groups in total. The van der Waals surface area contributed by atoms with E-state index in [2.05, 4.69) is 70.0 Å². The van der Waals surface area contributed by atoms with E-state index in [1.54, 1.807) is 10.9 Å². The Hall–Kier alpha value is -4.29. The largest absolute Gasteiger partial charge is 0.457 e. The Morgan fingerprint density at radius 3 is 2.33 bits per heavy atom. The zero-order valence-corrected chi connectivity index (χ0v) is 25.7. The van der Waals surface area contributed by atoms with Gasteiger partial charge < -0.3 is 19.6 Å². The zero-order chi connectivity index (χ0) is 30.6. The van der Waals surface area contributed by atoms with Crippen molar-refractivity contribution in [1.29, 1.82) is 0 Å². The minimum Gasteiger partial charge on any atom is -0.457 e. The number of fused-ring (bicyclic) bond motifs is 1. The van der Waals surface area contributed by atoms with Gasteiger partial charge in [-0.2, -0.15) is 0 Å². The van der Waals surface area contributed by atoms with Gasteiger partial charge >= 0.3 is 5.97 Å². The van der Waals surface area contributed by atoms with Crippen LogP contribution in [-0.4, -0.2) is 59.2 Å². The van der Waals surface area contributed by atoms with Crippen LogP contribution in [0.5, 0.6) is 0 Å². The molecule has 1 fully saturated rings. The van der Waals surface area contributed by atoms with E-state index in [4.69, 9.17) is 19.6 Å². The predicted octanol–water partition coefficient (Wildman–Crippen LogP) is 4.13. The molecule has 0 saturated carbocycles. The average Bonchev–Trinajstić information content (AvgIpc) is 3.56. The van der Waals surface area contributed by atoms with Crippen LogP contribution in [0.25, 0.3) is 21.6 Å². The van der Waals surface area contributed by atoms with Gasteiger partial charge in [0, 0.05) is 30.9 Å². The first kappa shape index (κ1) is 30.2. The molecule has 224 valence electrons. The monoisotopic (exact) mass is 600 g/mol. The molecule has 0 unspecified atom stereocenters. The van der Waals surface area contributed by atoms with Crippen molar-refractivity contribution in [3.63, 3.8) is 0 Å². The van der Waals surface area contributed by atoms with Crippen LogP contribution >= 0.6 is 0 Å². The number of esters is 1. The van der Waals surface area contributed by atoms with Gasteiger partial charge in [-0.1, -0.05) is 86.5 Å². The van der Waals surface area contributed by atoms with Crippen LogP contribution in [0.1, 0.15) is 40.3 Å². The number of carbonyl (C=O) groups is 1. The van der Waals surface area contributed by atoms with Crippen LogP contribution in [0, 0.1) is 5.92 Å². The van der Waals surface area contributed by atoms with Crippen molar-refractivity contribution in [2.24, 2.45) is 11.0 Å². The third kappa shape index (κ3) is 5.84. The Kier molecular flexibility index (Phi) is 8.78. The van der Waals surface area contributed by atoms with Crippen molar-refractivity contribution < 1.29 is 18.7 Å². The molecule has 4 aromatic rings. The number of hydrogen-bond acceptors (Lipinski definition) is 9. The second-order valence-corrected chi connectivity index (χ2v) is 15.9. The Labute approximate surface area is 251 Å². The summed E-state index contributed by atoms with van der Waals surface area (Å²) in [4.78, 5) is 28.0. The smallest absolute Gasteiger partial charge is 0.303 e. The molecule has 2 aromatic carbocycles. The van der Waals surface area contributed by atoms with Gasteiger partial charge in [-0.15, -0.1) is 0 Å². The van der Waals surface area contributed by atoms with Gasteiger partial charge in [0.1, 0.15) is 11.8 Å². The van der Waals surface area contributed by atoms with Gasteiger partial charge in [0.05, 0.1) is 12.4 Å². The molecule has 13 heteroatoms. The average molecular weight is 601 g/mol. The highest BCUT2D eigenvalue weighted by Crippen LogP contribution is 2.41. The van der Waals surface area contributed by atoms with Gasteiger partial charge in [-0.25, -0.2) is 15.0 Å². The van der Waals surface area contributed by atoms with E-state index in [9.17, 15) is 10.3 Å². The number of ether oxygens (including phenoxy) is 2. The summed E-state index contributed by atoms with van der Waals surface area (Å²) >= 11 is 0. The molecular weight excluding hydrogens is 564 g/mol. The molecule has 1 saturated heterocycles. The molecule has 0 amide bonds. The molecule has 43 heavy (non-hydrogen) atoms. The molecule has 1 aliphatic rings. The summed E-state index contributed by atoms with van der Waals surface area (Å²) in [6, 6.07) is 20.8. The van der Waals surface area contributed by atoms with Gasteiger partial charge in [0.2, 0.25) is 0 Å². The highest BCUT2D eigenvalue weighted by atomic mass is 28.4. The third-order valence-electron chi connectivity index (χ3n) is 7.95. The molecule has 2 aromatic heterocycles. The summed E-state index contributed by atoms with van der Waals surface area (Å²) in [6.07, 6.45) is 1.35. The Morgan fingerprint density at radius 1 is 1.09 bits per heavy atom. The summed E-state index contributed by atoms with van der Waals surface area (Å²) < 4.78 is 21.2. The van der Waals surface area contributed by atoms with Crippen molar-refractivity contribution in [1.82, 2.24) is 19.5 Å². The van der Waals surface area contributed by atoms with Crippen molar-refractivity contribution in [3.8, 4) is 0 Å². The van der Waals surface area contributed by atoms with Crippen molar-refractivity contribution in [2.45, 2.75) is 57.6 Å². The maximum absolute atomic E-state index is 12.3. The van der Waals surface area contributed by atoms with Crippen LogP contribution in [0.15, 0.2) is 78.4 Å². The minimum absolute atomic E-state index is 0.0680. The number of nitrogens with two attached hydrogens (primary N) is 1. The van der Waals surface area contributed by atoms with Crippen LogP contribution in [0.2, 0.25) is 5.04 Å². The second-order valence-electron chi connectivity index (χ2n) is 11.6. The van der Waals surface area contributed by atoms with E-state index in [0.717, 1.165) is 0 Å². The Balaban J connectivity index is 1.49. The maximum Gasteiger partial charge on any atom is 0.303 e. The molecule has 5 rings (SSSR count). The zero-order valence-electron chi connectivity index (χ0n) is 24.7. The number of rotatable bonds is 10. The summed E-state index contributed by atoms with van der Waals surface area (Å²) in [5.41, 5.74) is 16.1. The molecule has 0 aliphatic carbocycles. The number of azide groups is 1. The van der Waals surface area contributed by atoms with Gasteiger partial charge in [-0.05, 0) is 27.4 Å². The number of anilines is 1. The van der Waals surface area contributed by atoms with E-state index in [-0.39, 0.29) is 17.4 Å². The molecular formula is C30H36N8O4Si. The lowest BCUT2D eigenvalue weighted by Gasteiger charge is -2.43. The van der Waals surface area contributed by atoms with Gasteiger partial charge in [-0.3, -0.25) is 9.36 Å². The van der Waals surface area contributed by atoms with Crippen LogP contribution in [-0.2, 0) is 18.7 Å². The fraction of sp³-hybridized carbons (Fsp3) is 0.400. The van der Waals surface area contributed by atoms with E-state index >= 15 is 0 Å². The molecule has 0 spiro atoms. The first-order chi connectivity index (χ1) is 20.7. The second kappa shape index (κ2) is 12.5. The Bertz CT molecular complexity index is 1570. The van der Waals surface area contributed by atoms with Gasteiger partial charge in [0.15, 0.2) is 23.8 Å². The van der Waals surface area contributed by atoms with E-state index in [0.29, 0.717) is 24.2 Å². The number of imidazole rings is 1. The maximum atomic E-state index is 12.3. The van der Waals surface area contributed by atoms with Crippen LogP contribution < -0.4 is 16.1 Å². The molecule has 3 heterocycles. The standard InChI is InChI=1S/C30H36N8O4Si/c1-20(39)41-26-23(17-36-37-32)24(42-29(26)38-19-35-25-27(31)33-18-34-28(25)38)15-16-40-43(30(2,3)4,21-11-7-5-8-12-21)22-13-9-6-10-14-22/h5-14,18-19,23-24,26,29H,15-17H2,1-4H3,(H2,31,33,34)/t23-,24-,26-,29-/m1/s1. The van der Waals surface area contributed by atoms with Crippen molar-refractivity contribution in [2.75, 3.05) is 18.9 Å². The number of hydrogen-bond donors (Lipinski definition) is 1. The lowest BCUT2D eigenvalue weighted by Crippen LogP contribution is -2.66. The third-order valence-corrected chi connectivity index (χ3v) is 13.0. The predicted molar refractivity (Wildman–Crippen MR) is 165 cm³/mol. The SMILES string of the molecule is CC(=O)O[C@@H]1[C@H](CN=[N+]=[N-])[C@@H](CCO[Si](c2ccccc2)(c2ccccc2)C(C)(C)C)O[C@H]1n1cnc2c(N)ncnc21. The van der Waals surface area contributed by atoms with Crippen molar-refractivity contribution in [3.05, 3.63) is 83.8 Å². The fourth-order valence-corrected chi connectivity index (χ4v) is 10.7. The van der Waals surface area contributed by atoms with E-state index < -0.39 is 38.6 Å². The van der Waals surface area contributed by atoms with Crippen LogP contribution in [0.4, 0.5) is 5.82 Å². The van der Waals surface area contributed by atoms with Gasteiger partial charge in [0.25, 0.3) is 8.32 Å². The molecule has 0 bridgehead atoms. The molecule has 0 radical (unpaired) electrons. The minimum atomic E-state index is -2.79. The summed E-state index contributed by atoms with van der Waals surface area (Å²) in [5, 5.41) is 5.99. The number of aromatic nitrogens is 4.